The van der Waals surface area contributed by atoms with Crippen LogP contribution in [0.15, 0.2) is 84.9 Å². The van der Waals surface area contributed by atoms with Crippen LogP contribution >= 0.6 is 0 Å². The van der Waals surface area contributed by atoms with Gasteiger partial charge in [0.15, 0.2) is 0 Å². The van der Waals surface area contributed by atoms with E-state index in [1.807, 2.05) is 78.9 Å². The minimum absolute atomic E-state index is 0.335. The van der Waals surface area contributed by atoms with Crippen LogP contribution in [0.25, 0.3) is 21.5 Å². The summed E-state index contributed by atoms with van der Waals surface area (Å²) in [5.41, 5.74) is 6.73. The third-order valence-corrected chi connectivity index (χ3v) is 4.68. The first-order valence-corrected chi connectivity index (χ1v) is 8.69. The number of nitrogens with one attached hydrogen (secondary N) is 1. The van der Waals surface area contributed by atoms with Crippen LogP contribution < -0.4 is 11.1 Å². The summed E-state index contributed by atoms with van der Waals surface area (Å²) in [5, 5.41) is 6.83. The molecule has 132 valence electrons. The number of amides is 2. The van der Waals surface area contributed by atoms with Crippen molar-refractivity contribution >= 4 is 33.4 Å². The van der Waals surface area contributed by atoms with E-state index in [0.717, 1.165) is 21.5 Å². The average molecular weight is 354 g/mol. The fourth-order valence-corrected chi connectivity index (χ4v) is 3.25. The van der Waals surface area contributed by atoms with Crippen LogP contribution in [0.4, 0.5) is 0 Å². The molecule has 0 aliphatic heterocycles. The first-order chi connectivity index (χ1) is 13.1. The lowest BCUT2D eigenvalue weighted by molar-refractivity contribution is -0.120. The molecule has 0 bridgehead atoms. The molecule has 1 unspecified atom stereocenters. The van der Waals surface area contributed by atoms with E-state index in [2.05, 4.69) is 5.32 Å². The highest BCUT2D eigenvalue weighted by molar-refractivity contribution is 6.01. The van der Waals surface area contributed by atoms with Crippen LogP contribution in [0.2, 0.25) is 0 Å². The molecule has 0 aliphatic carbocycles. The SMILES string of the molecule is NC(=O)C(NC(=O)c1ccc2ccccc2c1)c1ccc2ccccc2c1. The van der Waals surface area contributed by atoms with Gasteiger partial charge in [-0.3, -0.25) is 9.59 Å². The monoisotopic (exact) mass is 354 g/mol. The summed E-state index contributed by atoms with van der Waals surface area (Å²) in [6.07, 6.45) is 0. The molecular weight excluding hydrogens is 336 g/mol. The maximum absolute atomic E-state index is 12.7. The predicted molar refractivity (Wildman–Crippen MR) is 107 cm³/mol. The van der Waals surface area contributed by atoms with Crippen LogP contribution in [-0.4, -0.2) is 11.8 Å². The van der Waals surface area contributed by atoms with Gasteiger partial charge in [0, 0.05) is 5.56 Å². The quantitative estimate of drug-likeness (QED) is 0.582. The fourth-order valence-electron chi connectivity index (χ4n) is 3.25. The number of primary amides is 1. The van der Waals surface area contributed by atoms with Crippen molar-refractivity contribution in [1.29, 1.82) is 0 Å². The molecule has 4 heteroatoms. The Hall–Kier alpha value is -3.66. The van der Waals surface area contributed by atoms with E-state index >= 15 is 0 Å². The van der Waals surface area contributed by atoms with Gasteiger partial charge in [0.1, 0.15) is 6.04 Å². The van der Waals surface area contributed by atoms with Gasteiger partial charge in [-0.25, -0.2) is 0 Å². The molecule has 0 spiro atoms. The molecule has 0 saturated heterocycles. The third-order valence-electron chi connectivity index (χ3n) is 4.68. The van der Waals surface area contributed by atoms with Gasteiger partial charge in [-0.05, 0) is 45.3 Å². The Morgan fingerprint density at radius 2 is 1.26 bits per heavy atom. The maximum Gasteiger partial charge on any atom is 0.252 e. The molecule has 0 saturated carbocycles. The number of carbonyl (C=O) groups excluding carboxylic acids is 2. The second-order valence-electron chi connectivity index (χ2n) is 6.48. The molecule has 0 radical (unpaired) electrons. The summed E-state index contributed by atoms with van der Waals surface area (Å²) in [4.78, 5) is 24.7. The Balaban J connectivity index is 1.65. The van der Waals surface area contributed by atoms with E-state index < -0.39 is 11.9 Å². The van der Waals surface area contributed by atoms with Crippen molar-refractivity contribution in [3.8, 4) is 0 Å². The molecule has 0 aromatic heterocycles. The predicted octanol–water partition coefficient (Wildman–Crippen LogP) is 3.95. The maximum atomic E-state index is 12.7. The highest BCUT2D eigenvalue weighted by Gasteiger charge is 2.21. The molecule has 3 N–H and O–H groups in total. The third kappa shape index (κ3) is 3.37. The second-order valence-corrected chi connectivity index (χ2v) is 6.48. The van der Waals surface area contributed by atoms with Gasteiger partial charge in [-0.15, -0.1) is 0 Å². The van der Waals surface area contributed by atoms with Gasteiger partial charge >= 0.3 is 0 Å². The summed E-state index contributed by atoms with van der Waals surface area (Å²) < 4.78 is 0. The molecule has 4 rings (SSSR count). The number of hydrogen-bond donors (Lipinski definition) is 2. The van der Waals surface area contributed by atoms with Crippen LogP contribution in [0, 0.1) is 0 Å². The molecule has 4 aromatic carbocycles. The van der Waals surface area contributed by atoms with E-state index in [-0.39, 0.29) is 5.91 Å². The minimum atomic E-state index is -0.895. The van der Waals surface area contributed by atoms with E-state index in [9.17, 15) is 9.59 Å². The topological polar surface area (TPSA) is 72.2 Å². The highest BCUT2D eigenvalue weighted by Crippen LogP contribution is 2.21. The molecular formula is C23H18N2O2. The van der Waals surface area contributed by atoms with Gasteiger partial charge in [-0.2, -0.15) is 0 Å². The van der Waals surface area contributed by atoms with E-state index in [0.29, 0.717) is 11.1 Å². The van der Waals surface area contributed by atoms with Crippen LogP contribution in [0.1, 0.15) is 22.0 Å². The summed E-state index contributed by atoms with van der Waals surface area (Å²) >= 11 is 0. The largest absolute Gasteiger partial charge is 0.368 e. The smallest absolute Gasteiger partial charge is 0.252 e. The number of carbonyl (C=O) groups is 2. The molecule has 4 aromatic rings. The van der Waals surface area contributed by atoms with Crippen molar-refractivity contribution in [2.24, 2.45) is 5.73 Å². The van der Waals surface area contributed by atoms with E-state index in [1.54, 1.807) is 6.07 Å². The fraction of sp³-hybridized carbons (Fsp3) is 0.0435. The number of fused-ring (bicyclic) bond motifs is 2. The van der Waals surface area contributed by atoms with Crippen LogP contribution in [0.3, 0.4) is 0 Å². The molecule has 4 nitrogen and oxygen atoms in total. The minimum Gasteiger partial charge on any atom is -0.368 e. The number of benzene rings is 4. The highest BCUT2D eigenvalue weighted by atomic mass is 16.2. The summed E-state index contributed by atoms with van der Waals surface area (Å²) in [7, 11) is 0. The lowest BCUT2D eigenvalue weighted by Crippen LogP contribution is -2.37. The zero-order valence-corrected chi connectivity index (χ0v) is 14.6. The molecule has 0 heterocycles. The average Bonchev–Trinajstić information content (AvgIpc) is 2.71. The van der Waals surface area contributed by atoms with Gasteiger partial charge in [0.2, 0.25) is 5.91 Å². The second kappa shape index (κ2) is 6.92. The Kier molecular flexibility index (Phi) is 4.30. The van der Waals surface area contributed by atoms with Crippen molar-refractivity contribution in [1.82, 2.24) is 5.32 Å². The summed E-state index contributed by atoms with van der Waals surface area (Å²) in [5.74, 6) is -0.933. The van der Waals surface area contributed by atoms with Crippen molar-refractivity contribution in [3.63, 3.8) is 0 Å². The number of nitrogens with two attached hydrogens (primary N) is 1. The van der Waals surface area contributed by atoms with Gasteiger partial charge in [0.05, 0.1) is 0 Å². The van der Waals surface area contributed by atoms with Crippen molar-refractivity contribution < 1.29 is 9.59 Å². The van der Waals surface area contributed by atoms with Crippen molar-refractivity contribution in [2.75, 3.05) is 0 Å². The first-order valence-electron chi connectivity index (χ1n) is 8.69. The van der Waals surface area contributed by atoms with Gasteiger partial charge in [0.25, 0.3) is 5.91 Å². The van der Waals surface area contributed by atoms with Crippen LogP contribution in [0.5, 0.6) is 0 Å². The normalized spacial score (nSPS) is 12.0. The van der Waals surface area contributed by atoms with Crippen molar-refractivity contribution in [3.05, 3.63) is 96.1 Å². The Labute approximate surface area is 156 Å². The van der Waals surface area contributed by atoms with Crippen LogP contribution in [-0.2, 0) is 4.79 Å². The number of hydrogen-bond acceptors (Lipinski definition) is 2. The first kappa shape index (κ1) is 16.8. The Morgan fingerprint density at radius 3 is 1.89 bits per heavy atom. The standard InChI is InChI=1S/C23H18N2O2/c24-22(26)21(19-11-9-15-5-1-3-7-17(15)13-19)25-23(27)20-12-10-16-6-2-4-8-18(16)14-20/h1-14,21H,(H2,24,26)(H,25,27). The zero-order chi connectivity index (χ0) is 18.8. The van der Waals surface area contributed by atoms with Crippen molar-refractivity contribution in [2.45, 2.75) is 6.04 Å². The molecule has 0 fully saturated rings. The zero-order valence-electron chi connectivity index (χ0n) is 14.6. The summed E-state index contributed by atoms with van der Waals surface area (Å²) in [6, 6.07) is 25.8. The van der Waals surface area contributed by atoms with E-state index in [4.69, 9.17) is 5.73 Å². The molecule has 0 aliphatic rings. The van der Waals surface area contributed by atoms with E-state index in [1.165, 1.54) is 0 Å². The molecule has 1 atom stereocenters. The number of rotatable bonds is 4. The lowest BCUT2D eigenvalue weighted by Gasteiger charge is -2.17. The Morgan fingerprint density at radius 1 is 0.704 bits per heavy atom. The molecule has 27 heavy (non-hydrogen) atoms. The molecule has 2 amide bonds. The summed E-state index contributed by atoms with van der Waals surface area (Å²) in [6.45, 7) is 0. The van der Waals surface area contributed by atoms with Gasteiger partial charge in [-0.1, -0.05) is 66.7 Å². The Bertz CT molecular complexity index is 1170. The lowest BCUT2D eigenvalue weighted by atomic mass is 10.0. The van der Waals surface area contributed by atoms with Gasteiger partial charge < -0.3 is 11.1 Å².